The van der Waals surface area contributed by atoms with Crippen molar-refractivity contribution in [2.24, 2.45) is 0 Å². The minimum Gasteiger partial charge on any atom is -0.497 e. The van der Waals surface area contributed by atoms with E-state index >= 15 is 0 Å². The number of aryl methyl sites for hydroxylation is 1. The molecule has 0 saturated heterocycles. The van der Waals surface area contributed by atoms with Crippen molar-refractivity contribution in [1.29, 1.82) is 0 Å². The van der Waals surface area contributed by atoms with Crippen LogP contribution in [0.2, 0.25) is 0 Å². The fourth-order valence-electron chi connectivity index (χ4n) is 3.32. The van der Waals surface area contributed by atoms with Crippen molar-refractivity contribution in [3.05, 3.63) is 108 Å². The highest BCUT2D eigenvalue weighted by molar-refractivity contribution is 7.92. The third kappa shape index (κ3) is 5.48. The topological polar surface area (TPSA) is 68.3 Å². The van der Waals surface area contributed by atoms with Gasteiger partial charge < -0.3 is 4.74 Å². The van der Waals surface area contributed by atoms with Gasteiger partial charge in [-0.05, 0) is 42.8 Å². The summed E-state index contributed by atoms with van der Waals surface area (Å²) in [6.07, 6.45) is 7.72. The molecule has 0 saturated carbocycles. The molecule has 1 N–H and O–H groups in total. The fourth-order valence-corrected chi connectivity index (χ4v) is 4.37. The van der Waals surface area contributed by atoms with E-state index < -0.39 is 10.0 Å². The van der Waals surface area contributed by atoms with Gasteiger partial charge in [-0.25, -0.2) is 13.4 Å². The molecular formula is C27H24N2O3S. The van der Waals surface area contributed by atoms with Crippen molar-refractivity contribution in [2.75, 3.05) is 11.8 Å². The number of aromatic nitrogens is 1. The molecule has 0 bridgehead atoms. The van der Waals surface area contributed by atoms with Gasteiger partial charge in [0, 0.05) is 11.5 Å². The average Bonchev–Trinajstić information content (AvgIpc) is 2.82. The molecule has 4 rings (SSSR count). The maximum atomic E-state index is 13.0. The van der Waals surface area contributed by atoms with Gasteiger partial charge in [0.15, 0.2) is 0 Å². The number of hydrogen-bond donors (Lipinski definition) is 1. The summed E-state index contributed by atoms with van der Waals surface area (Å²) in [5.41, 5.74) is 3.70. The standard InChI is InChI=1S/C27H24N2O3S/c1-20-12-16-25(17-13-20)33(30,31)29-26-19-24(32-2)18-22-14-15-23(28-27(22)26)11-7-6-10-21-8-4-3-5-9-21/h3-19,29H,1-2H3/b10-6+,11-7+. The van der Waals surface area contributed by atoms with Gasteiger partial charge in [0.1, 0.15) is 5.75 Å². The molecule has 1 aromatic heterocycles. The molecule has 0 atom stereocenters. The van der Waals surface area contributed by atoms with Crippen LogP contribution in [0.1, 0.15) is 16.8 Å². The predicted octanol–water partition coefficient (Wildman–Crippen LogP) is 6.08. The number of methoxy groups -OCH3 is 1. The molecule has 5 nitrogen and oxygen atoms in total. The smallest absolute Gasteiger partial charge is 0.261 e. The summed E-state index contributed by atoms with van der Waals surface area (Å²) in [6.45, 7) is 1.91. The van der Waals surface area contributed by atoms with E-state index in [0.717, 1.165) is 16.5 Å². The average molecular weight is 457 g/mol. The summed E-state index contributed by atoms with van der Waals surface area (Å²) in [5.74, 6) is 0.542. The Bertz CT molecular complexity index is 1430. The molecule has 0 spiro atoms. The molecule has 1 heterocycles. The molecule has 0 amide bonds. The van der Waals surface area contributed by atoms with Crippen molar-refractivity contribution in [3.8, 4) is 5.75 Å². The zero-order chi connectivity index (χ0) is 23.3. The molecule has 3 aromatic carbocycles. The van der Waals surface area contributed by atoms with Gasteiger partial charge in [0.25, 0.3) is 10.0 Å². The van der Waals surface area contributed by atoms with Crippen LogP contribution >= 0.6 is 0 Å². The fraction of sp³-hybridized carbons (Fsp3) is 0.0741. The lowest BCUT2D eigenvalue weighted by molar-refractivity contribution is 0.415. The van der Waals surface area contributed by atoms with Gasteiger partial charge in [-0.2, -0.15) is 0 Å². The summed E-state index contributed by atoms with van der Waals surface area (Å²) < 4.78 is 34.0. The Hall–Kier alpha value is -3.90. The molecule has 6 heteroatoms. The number of rotatable bonds is 7. The number of ether oxygens (including phenoxy) is 1. The van der Waals surface area contributed by atoms with Crippen molar-refractivity contribution < 1.29 is 13.2 Å². The quantitative estimate of drug-likeness (QED) is 0.342. The second-order valence-corrected chi connectivity index (χ2v) is 9.21. The first-order chi connectivity index (χ1) is 15.9. The van der Waals surface area contributed by atoms with E-state index in [2.05, 4.69) is 9.71 Å². The van der Waals surface area contributed by atoms with Crippen molar-refractivity contribution in [2.45, 2.75) is 11.8 Å². The zero-order valence-electron chi connectivity index (χ0n) is 18.4. The normalized spacial score (nSPS) is 11.9. The highest BCUT2D eigenvalue weighted by atomic mass is 32.2. The number of nitrogens with zero attached hydrogens (tertiary/aromatic N) is 1. The van der Waals surface area contributed by atoms with Crippen LogP contribution in [-0.2, 0) is 10.0 Å². The first-order valence-corrected chi connectivity index (χ1v) is 11.9. The molecule has 0 aliphatic heterocycles. The number of pyridine rings is 1. The Balaban J connectivity index is 1.67. The first-order valence-electron chi connectivity index (χ1n) is 10.4. The van der Waals surface area contributed by atoms with E-state index in [1.165, 1.54) is 0 Å². The van der Waals surface area contributed by atoms with Crippen LogP contribution in [0.5, 0.6) is 5.75 Å². The van der Waals surface area contributed by atoms with Crippen LogP contribution in [-0.4, -0.2) is 20.5 Å². The van der Waals surface area contributed by atoms with E-state index in [0.29, 0.717) is 22.6 Å². The van der Waals surface area contributed by atoms with Crippen LogP contribution in [0.3, 0.4) is 0 Å². The van der Waals surface area contributed by atoms with E-state index in [9.17, 15) is 8.42 Å². The molecule has 0 fully saturated rings. The van der Waals surface area contributed by atoms with Gasteiger partial charge >= 0.3 is 0 Å². The van der Waals surface area contributed by atoms with E-state index in [-0.39, 0.29) is 4.90 Å². The van der Waals surface area contributed by atoms with Crippen LogP contribution in [0.15, 0.2) is 95.9 Å². The number of benzene rings is 3. The number of fused-ring (bicyclic) bond motifs is 1. The number of sulfonamides is 1. The van der Waals surface area contributed by atoms with Gasteiger partial charge in [-0.15, -0.1) is 0 Å². The van der Waals surface area contributed by atoms with Crippen molar-refractivity contribution >= 4 is 38.8 Å². The molecule has 0 unspecified atom stereocenters. The SMILES string of the molecule is COc1cc(NS(=O)(=O)c2ccc(C)cc2)c2nc(/C=C/C=C/c3ccccc3)ccc2c1. The van der Waals surface area contributed by atoms with Crippen molar-refractivity contribution in [1.82, 2.24) is 4.98 Å². The highest BCUT2D eigenvalue weighted by Gasteiger charge is 2.17. The summed E-state index contributed by atoms with van der Waals surface area (Å²) in [6, 6.07) is 24.0. The minimum atomic E-state index is -3.79. The van der Waals surface area contributed by atoms with Crippen LogP contribution < -0.4 is 9.46 Å². The maximum absolute atomic E-state index is 13.0. The Morgan fingerprint density at radius 3 is 2.33 bits per heavy atom. The number of allylic oxidation sites excluding steroid dienone is 2. The Labute approximate surface area is 194 Å². The minimum absolute atomic E-state index is 0.186. The predicted molar refractivity (Wildman–Crippen MR) is 135 cm³/mol. The van der Waals surface area contributed by atoms with Crippen LogP contribution in [0, 0.1) is 6.92 Å². The number of nitrogens with one attached hydrogen (secondary N) is 1. The second kappa shape index (κ2) is 9.71. The lowest BCUT2D eigenvalue weighted by atomic mass is 10.1. The highest BCUT2D eigenvalue weighted by Crippen LogP contribution is 2.30. The lowest BCUT2D eigenvalue weighted by Crippen LogP contribution is -2.13. The van der Waals surface area contributed by atoms with Gasteiger partial charge in [-0.3, -0.25) is 4.72 Å². The Morgan fingerprint density at radius 2 is 1.61 bits per heavy atom. The summed E-state index contributed by atoms with van der Waals surface area (Å²) >= 11 is 0. The monoisotopic (exact) mass is 456 g/mol. The number of hydrogen-bond acceptors (Lipinski definition) is 4. The number of anilines is 1. The Morgan fingerprint density at radius 1 is 0.879 bits per heavy atom. The van der Waals surface area contributed by atoms with E-state index in [4.69, 9.17) is 4.74 Å². The third-order valence-corrected chi connectivity index (χ3v) is 6.45. The molecule has 166 valence electrons. The summed E-state index contributed by atoms with van der Waals surface area (Å²) in [5, 5.41) is 0.771. The molecule has 0 aliphatic rings. The summed E-state index contributed by atoms with van der Waals surface area (Å²) in [4.78, 5) is 4.87. The zero-order valence-corrected chi connectivity index (χ0v) is 19.2. The third-order valence-electron chi connectivity index (χ3n) is 5.07. The van der Waals surface area contributed by atoms with Gasteiger partial charge in [0.05, 0.1) is 28.9 Å². The van der Waals surface area contributed by atoms with Gasteiger partial charge in [-0.1, -0.05) is 72.3 Å². The maximum Gasteiger partial charge on any atom is 0.261 e. The molecule has 0 radical (unpaired) electrons. The first kappa shape index (κ1) is 22.3. The Kier molecular flexibility index (Phi) is 6.56. The van der Waals surface area contributed by atoms with Crippen LogP contribution in [0.25, 0.3) is 23.1 Å². The molecule has 33 heavy (non-hydrogen) atoms. The van der Waals surface area contributed by atoms with Crippen molar-refractivity contribution in [3.63, 3.8) is 0 Å². The molecular weight excluding hydrogens is 432 g/mol. The van der Waals surface area contributed by atoms with Gasteiger partial charge in [0.2, 0.25) is 0 Å². The second-order valence-electron chi connectivity index (χ2n) is 7.53. The molecule has 4 aromatic rings. The largest absolute Gasteiger partial charge is 0.497 e. The van der Waals surface area contributed by atoms with E-state index in [1.54, 1.807) is 37.4 Å². The molecule has 0 aliphatic carbocycles. The van der Waals surface area contributed by atoms with Crippen LogP contribution in [0.4, 0.5) is 5.69 Å². The van der Waals surface area contributed by atoms with E-state index in [1.807, 2.05) is 79.8 Å². The lowest BCUT2D eigenvalue weighted by Gasteiger charge is -2.13. The summed E-state index contributed by atoms with van der Waals surface area (Å²) in [7, 11) is -2.24.